The highest BCUT2D eigenvalue weighted by Gasteiger charge is 2.31. The molecular weight excluding hydrogens is 412 g/mol. The maximum atomic E-state index is 13.9. The molecule has 1 saturated heterocycles. The monoisotopic (exact) mass is 440 g/mol. The molecule has 5 rings (SSSR count). The fourth-order valence-electron chi connectivity index (χ4n) is 4.74. The van der Waals surface area contributed by atoms with Gasteiger partial charge < -0.3 is 14.2 Å². The van der Waals surface area contributed by atoms with E-state index in [4.69, 9.17) is 4.74 Å². The Labute approximate surface area is 193 Å². The Balaban J connectivity index is 1.43. The van der Waals surface area contributed by atoms with Crippen LogP contribution in [0, 0.1) is 12.8 Å². The number of amides is 1. The molecular formula is C27H28N4O2. The lowest BCUT2D eigenvalue weighted by Crippen LogP contribution is -2.41. The number of fused-ring (bicyclic) bond motifs is 1. The van der Waals surface area contributed by atoms with Gasteiger partial charge in [0, 0.05) is 38.4 Å². The zero-order valence-corrected chi connectivity index (χ0v) is 19.1. The van der Waals surface area contributed by atoms with E-state index in [1.54, 1.807) is 12.4 Å². The Kier molecular flexibility index (Phi) is 5.82. The summed E-state index contributed by atoms with van der Waals surface area (Å²) in [6, 6.07) is 18.1. The topological polar surface area (TPSA) is 60.2 Å². The molecule has 0 bridgehead atoms. The van der Waals surface area contributed by atoms with Crippen molar-refractivity contribution in [3.63, 3.8) is 0 Å². The van der Waals surface area contributed by atoms with Crippen LogP contribution in [0.5, 0.6) is 5.75 Å². The molecule has 33 heavy (non-hydrogen) atoms. The number of carbonyl (C=O) groups is 1. The minimum absolute atomic E-state index is 0.0144. The zero-order valence-electron chi connectivity index (χ0n) is 19.1. The Morgan fingerprint density at radius 1 is 1.06 bits per heavy atom. The van der Waals surface area contributed by atoms with Crippen molar-refractivity contribution >= 4 is 17.1 Å². The number of piperidine rings is 1. The van der Waals surface area contributed by atoms with Crippen LogP contribution in [0.25, 0.3) is 22.4 Å². The third kappa shape index (κ3) is 4.09. The first-order valence-corrected chi connectivity index (χ1v) is 11.5. The largest absolute Gasteiger partial charge is 0.493 e. The first-order chi connectivity index (χ1) is 16.1. The summed E-state index contributed by atoms with van der Waals surface area (Å²) >= 11 is 0. The standard InChI is InChI=1S/C27H28N4O2/c1-19-9-6-7-13-22(19)33-18-20-10-8-16-31(17-20)27(32)23-24-26(29-15-14-28-24)30(2)25(23)21-11-4-3-5-12-21/h3-7,9,11-15,20H,8,10,16-18H2,1-2H3. The third-order valence-corrected chi connectivity index (χ3v) is 6.44. The number of nitrogens with zero attached hydrogens (tertiary/aromatic N) is 4. The lowest BCUT2D eigenvalue weighted by molar-refractivity contribution is 0.0635. The maximum absolute atomic E-state index is 13.9. The van der Waals surface area contributed by atoms with E-state index in [1.165, 1.54) is 0 Å². The number of carbonyl (C=O) groups excluding carboxylic acids is 1. The fourth-order valence-corrected chi connectivity index (χ4v) is 4.74. The summed E-state index contributed by atoms with van der Waals surface area (Å²) in [5.41, 5.74) is 4.98. The zero-order chi connectivity index (χ0) is 22.8. The number of para-hydroxylation sites is 1. The molecule has 6 heteroatoms. The van der Waals surface area contributed by atoms with Gasteiger partial charge in [0.1, 0.15) is 11.3 Å². The van der Waals surface area contributed by atoms with Crippen LogP contribution in [0.2, 0.25) is 0 Å². The van der Waals surface area contributed by atoms with Gasteiger partial charge in [-0.05, 0) is 37.0 Å². The van der Waals surface area contributed by atoms with E-state index in [1.807, 2.05) is 65.0 Å². The molecule has 0 radical (unpaired) electrons. The van der Waals surface area contributed by atoms with Gasteiger partial charge >= 0.3 is 0 Å². The van der Waals surface area contributed by atoms with E-state index in [9.17, 15) is 4.79 Å². The molecule has 0 N–H and O–H groups in total. The number of rotatable bonds is 5. The van der Waals surface area contributed by atoms with Crippen molar-refractivity contribution < 1.29 is 9.53 Å². The number of hydrogen-bond donors (Lipinski definition) is 0. The second kappa shape index (κ2) is 9.06. The minimum Gasteiger partial charge on any atom is -0.493 e. The SMILES string of the molecule is Cc1ccccc1OCC1CCCN(C(=O)c2c(-c3ccccc3)n(C)c3nccnc23)C1. The average molecular weight is 441 g/mol. The van der Waals surface area contributed by atoms with Crippen LogP contribution in [-0.2, 0) is 7.05 Å². The predicted molar refractivity (Wildman–Crippen MR) is 129 cm³/mol. The number of hydrogen-bond acceptors (Lipinski definition) is 4. The van der Waals surface area contributed by atoms with Crippen molar-refractivity contribution in [3.8, 4) is 17.0 Å². The van der Waals surface area contributed by atoms with Crippen molar-refractivity contribution in [2.24, 2.45) is 13.0 Å². The van der Waals surface area contributed by atoms with Crippen molar-refractivity contribution in [2.75, 3.05) is 19.7 Å². The van der Waals surface area contributed by atoms with E-state index >= 15 is 0 Å². The molecule has 0 saturated carbocycles. The summed E-state index contributed by atoms with van der Waals surface area (Å²) in [6.07, 6.45) is 5.34. The molecule has 1 fully saturated rings. The molecule has 3 heterocycles. The van der Waals surface area contributed by atoms with Gasteiger partial charge in [0.05, 0.1) is 17.9 Å². The molecule has 0 aliphatic carbocycles. The van der Waals surface area contributed by atoms with Gasteiger partial charge in [-0.3, -0.25) is 9.78 Å². The average Bonchev–Trinajstić information content (AvgIpc) is 3.16. The first kappa shape index (κ1) is 21.2. The Bertz CT molecular complexity index is 1280. The van der Waals surface area contributed by atoms with Gasteiger partial charge in [0.25, 0.3) is 5.91 Å². The predicted octanol–water partition coefficient (Wildman–Crippen LogP) is 4.87. The summed E-state index contributed by atoms with van der Waals surface area (Å²) in [6.45, 7) is 4.08. The first-order valence-electron chi connectivity index (χ1n) is 11.5. The van der Waals surface area contributed by atoms with Gasteiger partial charge in [-0.15, -0.1) is 0 Å². The highest BCUT2D eigenvalue weighted by atomic mass is 16.5. The van der Waals surface area contributed by atoms with Gasteiger partial charge in [-0.25, -0.2) is 4.98 Å². The van der Waals surface area contributed by atoms with E-state index in [2.05, 4.69) is 23.0 Å². The molecule has 0 spiro atoms. The third-order valence-electron chi connectivity index (χ3n) is 6.44. The number of aryl methyl sites for hydroxylation is 2. The van der Waals surface area contributed by atoms with Crippen LogP contribution < -0.4 is 4.74 Å². The van der Waals surface area contributed by atoms with Crippen molar-refractivity contribution in [3.05, 3.63) is 78.1 Å². The van der Waals surface area contributed by atoms with E-state index < -0.39 is 0 Å². The van der Waals surface area contributed by atoms with Crippen molar-refractivity contribution in [1.82, 2.24) is 19.4 Å². The van der Waals surface area contributed by atoms with Crippen molar-refractivity contribution in [1.29, 1.82) is 0 Å². The van der Waals surface area contributed by atoms with Crippen LogP contribution in [0.4, 0.5) is 0 Å². The second-order valence-corrected chi connectivity index (χ2v) is 8.71. The summed E-state index contributed by atoms with van der Waals surface area (Å²) in [4.78, 5) is 24.9. The highest BCUT2D eigenvalue weighted by Crippen LogP contribution is 2.33. The summed E-state index contributed by atoms with van der Waals surface area (Å²) in [7, 11) is 1.95. The lowest BCUT2D eigenvalue weighted by atomic mass is 9.97. The van der Waals surface area contributed by atoms with Crippen LogP contribution in [0.3, 0.4) is 0 Å². The lowest BCUT2D eigenvalue weighted by Gasteiger charge is -2.33. The van der Waals surface area contributed by atoms with E-state index in [0.29, 0.717) is 30.1 Å². The molecule has 4 aromatic rings. The van der Waals surface area contributed by atoms with E-state index in [-0.39, 0.29) is 5.91 Å². The number of likely N-dealkylation sites (tertiary alicyclic amines) is 1. The number of aromatic nitrogens is 3. The summed E-state index contributed by atoms with van der Waals surface area (Å²) in [5, 5.41) is 0. The normalized spacial score (nSPS) is 16.2. The number of ether oxygens (including phenoxy) is 1. The molecule has 1 aliphatic heterocycles. The molecule has 1 amide bonds. The Hall–Kier alpha value is -3.67. The number of benzene rings is 2. The smallest absolute Gasteiger partial charge is 0.258 e. The highest BCUT2D eigenvalue weighted by molar-refractivity contribution is 6.10. The Morgan fingerprint density at radius 3 is 2.64 bits per heavy atom. The minimum atomic E-state index is 0.0144. The molecule has 1 unspecified atom stereocenters. The summed E-state index contributed by atoms with van der Waals surface area (Å²) in [5.74, 6) is 1.22. The maximum Gasteiger partial charge on any atom is 0.258 e. The molecule has 2 aromatic heterocycles. The molecule has 6 nitrogen and oxygen atoms in total. The van der Waals surface area contributed by atoms with Gasteiger partial charge in [0.15, 0.2) is 5.65 Å². The Morgan fingerprint density at radius 2 is 1.82 bits per heavy atom. The van der Waals surface area contributed by atoms with Gasteiger partial charge in [-0.1, -0.05) is 48.5 Å². The van der Waals surface area contributed by atoms with Gasteiger partial charge in [-0.2, -0.15) is 0 Å². The molecule has 1 aliphatic rings. The van der Waals surface area contributed by atoms with Crippen molar-refractivity contribution in [2.45, 2.75) is 19.8 Å². The van der Waals surface area contributed by atoms with E-state index in [0.717, 1.165) is 47.6 Å². The summed E-state index contributed by atoms with van der Waals surface area (Å²) < 4.78 is 8.09. The van der Waals surface area contributed by atoms with Crippen LogP contribution in [-0.4, -0.2) is 45.0 Å². The van der Waals surface area contributed by atoms with Gasteiger partial charge in [0.2, 0.25) is 0 Å². The van der Waals surface area contributed by atoms with Crippen LogP contribution in [0.15, 0.2) is 67.0 Å². The molecule has 168 valence electrons. The second-order valence-electron chi connectivity index (χ2n) is 8.71. The quantitative estimate of drug-likeness (QED) is 0.444. The van der Waals surface area contributed by atoms with Crippen LogP contribution in [0.1, 0.15) is 28.8 Å². The molecule has 2 aromatic carbocycles. The fraction of sp³-hybridized carbons (Fsp3) is 0.296. The molecule has 1 atom stereocenters. The van der Waals surface area contributed by atoms with Crippen LogP contribution >= 0.6 is 0 Å².